The zero-order chi connectivity index (χ0) is 14.4. The first-order valence-corrected chi connectivity index (χ1v) is 6.68. The van der Waals surface area contributed by atoms with Gasteiger partial charge in [-0.15, -0.1) is 0 Å². The van der Waals surface area contributed by atoms with Gasteiger partial charge in [-0.25, -0.2) is 4.98 Å². The molecular weight excluding hydrogens is 252 g/mol. The van der Waals surface area contributed by atoms with Crippen molar-refractivity contribution in [2.24, 2.45) is 0 Å². The van der Waals surface area contributed by atoms with Crippen LogP contribution in [0.1, 0.15) is 24.2 Å². The van der Waals surface area contributed by atoms with E-state index in [1.807, 2.05) is 32.0 Å². The summed E-state index contributed by atoms with van der Waals surface area (Å²) < 4.78 is 0. The van der Waals surface area contributed by atoms with Crippen LogP contribution in [0.2, 0.25) is 0 Å². The van der Waals surface area contributed by atoms with Crippen molar-refractivity contribution in [3.8, 4) is 0 Å². The summed E-state index contributed by atoms with van der Waals surface area (Å²) in [5.41, 5.74) is 1.41. The van der Waals surface area contributed by atoms with E-state index in [1.54, 1.807) is 29.6 Å². The predicted molar refractivity (Wildman–Crippen MR) is 80.0 cm³/mol. The Labute approximate surface area is 118 Å². The molecule has 5 heteroatoms. The number of amides is 1. The van der Waals surface area contributed by atoms with Gasteiger partial charge in [-0.2, -0.15) is 0 Å². The Bertz CT molecular complexity index is 554. The van der Waals surface area contributed by atoms with E-state index < -0.39 is 0 Å². The molecule has 0 spiro atoms. The molecular formula is C15H18N4O. The highest BCUT2D eigenvalue weighted by molar-refractivity contribution is 6.05. The summed E-state index contributed by atoms with van der Waals surface area (Å²) in [4.78, 5) is 22.4. The minimum absolute atomic E-state index is 0.0609. The molecule has 0 saturated heterocycles. The summed E-state index contributed by atoms with van der Waals surface area (Å²) in [7, 11) is 0. The minimum atomic E-state index is -0.0609. The van der Waals surface area contributed by atoms with Gasteiger partial charge in [0, 0.05) is 37.4 Å². The van der Waals surface area contributed by atoms with Crippen LogP contribution in [0.15, 0.2) is 42.9 Å². The van der Waals surface area contributed by atoms with Crippen molar-refractivity contribution in [2.75, 3.05) is 23.3 Å². The van der Waals surface area contributed by atoms with Crippen molar-refractivity contribution in [1.82, 2.24) is 9.97 Å². The number of pyridine rings is 2. The second-order valence-electron chi connectivity index (χ2n) is 4.22. The summed E-state index contributed by atoms with van der Waals surface area (Å²) >= 11 is 0. The maximum absolute atomic E-state index is 12.5. The Hall–Kier alpha value is -2.43. The van der Waals surface area contributed by atoms with E-state index in [4.69, 9.17) is 0 Å². The van der Waals surface area contributed by atoms with E-state index in [0.717, 1.165) is 18.1 Å². The first-order chi connectivity index (χ1) is 9.76. The number of carbonyl (C=O) groups excluding carboxylic acids is 1. The Balaban J connectivity index is 2.20. The Morgan fingerprint density at radius 1 is 1.20 bits per heavy atom. The largest absolute Gasteiger partial charge is 0.370 e. The molecule has 5 nitrogen and oxygen atoms in total. The maximum Gasteiger partial charge on any atom is 0.259 e. The molecule has 0 atom stereocenters. The molecule has 104 valence electrons. The Kier molecular flexibility index (Phi) is 4.65. The number of anilines is 2. The predicted octanol–water partition coefficient (Wildman–Crippen LogP) is 2.58. The van der Waals surface area contributed by atoms with Gasteiger partial charge in [0.15, 0.2) is 0 Å². The molecule has 2 aromatic heterocycles. The van der Waals surface area contributed by atoms with Gasteiger partial charge in [0.05, 0.1) is 5.56 Å². The van der Waals surface area contributed by atoms with Crippen LogP contribution in [-0.4, -0.2) is 29.0 Å². The van der Waals surface area contributed by atoms with E-state index in [0.29, 0.717) is 12.1 Å². The molecule has 2 heterocycles. The topological polar surface area (TPSA) is 58.1 Å². The standard InChI is InChI=1S/C15H18N4O/c1-3-17-14-6-5-12(11-18-14)15(20)19(4-2)13-7-9-16-10-8-13/h5-11H,3-4H2,1-2H3,(H,17,18). The van der Waals surface area contributed by atoms with Crippen LogP contribution in [0.3, 0.4) is 0 Å². The van der Waals surface area contributed by atoms with Gasteiger partial charge in [-0.1, -0.05) is 0 Å². The summed E-state index contributed by atoms with van der Waals surface area (Å²) in [6.45, 7) is 5.35. The third kappa shape index (κ3) is 3.12. The number of nitrogens with one attached hydrogen (secondary N) is 1. The van der Waals surface area contributed by atoms with E-state index >= 15 is 0 Å². The normalized spacial score (nSPS) is 10.1. The molecule has 0 aliphatic heterocycles. The number of hydrogen-bond acceptors (Lipinski definition) is 4. The second kappa shape index (κ2) is 6.65. The monoisotopic (exact) mass is 270 g/mol. The Morgan fingerprint density at radius 3 is 2.50 bits per heavy atom. The highest BCUT2D eigenvalue weighted by Crippen LogP contribution is 2.16. The third-order valence-corrected chi connectivity index (χ3v) is 2.90. The SMILES string of the molecule is CCNc1ccc(C(=O)N(CC)c2ccncc2)cn1. The van der Waals surface area contributed by atoms with Crippen molar-refractivity contribution in [3.63, 3.8) is 0 Å². The number of hydrogen-bond donors (Lipinski definition) is 1. The van der Waals surface area contributed by atoms with Crippen LogP contribution in [0, 0.1) is 0 Å². The average molecular weight is 270 g/mol. The highest BCUT2D eigenvalue weighted by atomic mass is 16.2. The van der Waals surface area contributed by atoms with Crippen LogP contribution in [0.4, 0.5) is 11.5 Å². The van der Waals surface area contributed by atoms with Crippen molar-refractivity contribution < 1.29 is 4.79 Å². The fourth-order valence-electron chi connectivity index (χ4n) is 1.93. The smallest absolute Gasteiger partial charge is 0.259 e. The molecule has 1 N–H and O–H groups in total. The number of carbonyl (C=O) groups is 1. The Morgan fingerprint density at radius 2 is 1.95 bits per heavy atom. The van der Waals surface area contributed by atoms with Crippen LogP contribution in [0.25, 0.3) is 0 Å². The molecule has 0 bridgehead atoms. The minimum Gasteiger partial charge on any atom is -0.370 e. The van der Waals surface area contributed by atoms with Gasteiger partial charge in [-0.05, 0) is 38.1 Å². The van der Waals surface area contributed by atoms with E-state index in [-0.39, 0.29) is 5.91 Å². The number of nitrogens with zero attached hydrogens (tertiary/aromatic N) is 3. The van der Waals surface area contributed by atoms with Crippen LogP contribution < -0.4 is 10.2 Å². The third-order valence-electron chi connectivity index (χ3n) is 2.90. The maximum atomic E-state index is 12.5. The quantitative estimate of drug-likeness (QED) is 0.907. The van der Waals surface area contributed by atoms with Crippen LogP contribution >= 0.6 is 0 Å². The summed E-state index contributed by atoms with van der Waals surface area (Å²) in [6, 6.07) is 7.25. The molecule has 2 aromatic rings. The lowest BCUT2D eigenvalue weighted by Crippen LogP contribution is -2.30. The van der Waals surface area contributed by atoms with Gasteiger partial charge in [0.25, 0.3) is 5.91 Å². The average Bonchev–Trinajstić information content (AvgIpc) is 2.50. The molecule has 20 heavy (non-hydrogen) atoms. The zero-order valence-corrected chi connectivity index (χ0v) is 11.7. The molecule has 2 rings (SSSR count). The van der Waals surface area contributed by atoms with Crippen LogP contribution in [-0.2, 0) is 0 Å². The van der Waals surface area contributed by atoms with Gasteiger partial charge in [0.1, 0.15) is 5.82 Å². The molecule has 1 amide bonds. The van der Waals surface area contributed by atoms with Gasteiger partial charge >= 0.3 is 0 Å². The van der Waals surface area contributed by atoms with Crippen molar-refractivity contribution in [1.29, 1.82) is 0 Å². The highest BCUT2D eigenvalue weighted by Gasteiger charge is 2.16. The zero-order valence-electron chi connectivity index (χ0n) is 11.7. The van der Waals surface area contributed by atoms with Gasteiger partial charge in [0.2, 0.25) is 0 Å². The lowest BCUT2D eigenvalue weighted by molar-refractivity contribution is 0.0988. The summed E-state index contributed by atoms with van der Waals surface area (Å²) in [5.74, 6) is 0.713. The van der Waals surface area contributed by atoms with Crippen molar-refractivity contribution in [2.45, 2.75) is 13.8 Å². The molecule has 0 aliphatic rings. The molecule has 0 saturated carbocycles. The van der Waals surface area contributed by atoms with E-state index in [1.165, 1.54) is 0 Å². The fraction of sp³-hybridized carbons (Fsp3) is 0.267. The van der Waals surface area contributed by atoms with E-state index in [2.05, 4.69) is 15.3 Å². The van der Waals surface area contributed by atoms with Gasteiger partial charge < -0.3 is 10.2 Å². The van der Waals surface area contributed by atoms with E-state index in [9.17, 15) is 4.79 Å². The van der Waals surface area contributed by atoms with Gasteiger partial charge in [-0.3, -0.25) is 9.78 Å². The molecule has 0 radical (unpaired) electrons. The molecule has 0 unspecified atom stereocenters. The van der Waals surface area contributed by atoms with Crippen LogP contribution in [0.5, 0.6) is 0 Å². The lowest BCUT2D eigenvalue weighted by atomic mass is 10.2. The second-order valence-corrected chi connectivity index (χ2v) is 4.22. The number of aromatic nitrogens is 2. The van der Waals surface area contributed by atoms with Crippen molar-refractivity contribution >= 4 is 17.4 Å². The van der Waals surface area contributed by atoms with Crippen molar-refractivity contribution in [3.05, 3.63) is 48.4 Å². The number of rotatable bonds is 5. The molecule has 0 aliphatic carbocycles. The lowest BCUT2D eigenvalue weighted by Gasteiger charge is -2.20. The first kappa shape index (κ1) is 14.0. The first-order valence-electron chi connectivity index (χ1n) is 6.68. The molecule has 0 aromatic carbocycles. The fourth-order valence-corrected chi connectivity index (χ4v) is 1.93. The summed E-state index contributed by atoms with van der Waals surface area (Å²) in [5, 5.41) is 3.10. The molecule has 0 fully saturated rings. The summed E-state index contributed by atoms with van der Waals surface area (Å²) in [6.07, 6.45) is 4.96.